The van der Waals surface area contributed by atoms with Gasteiger partial charge in [0, 0.05) is 31.2 Å². The molecule has 0 aromatic carbocycles. The quantitative estimate of drug-likeness (QED) is 0.677. The van der Waals surface area contributed by atoms with Gasteiger partial charge in [0.1, 0.15) is 0 Å². The number of aliphatic carboxylic acids is 1. The third kappa shape index (κ3) is 3.66. The van der Waals surface area contributed by atoms with Gasteiger partial charge in [-0.15, -0.1) is 0 Å². The number of carboxylic acids is 1. The summed E-state index contributed by atoms with van der Waals surface area (Å²) >= 11 is 0. The van der Waals surface area contributed by atoms with Gasteiger partial charge in [-0.3, -0.25) is 4.79 Å². The van der Waals surface area contributed by atoms with Gasteiger partial charge >= 0.3 is 5.97 Å². The van der Waals surface area contributed by atoms with E-state index in [-0.39, 0.29) is 11.8 Å². The standard InChI is InChI=1S/C11H17NO4/c1-8(13)9-3-2-6-12(7-9)10(14)4-5-11(15)16/h4-5,8-9,13H,2-3,6-7H2,1H3,(H,15,16)/b5-4+/t8-,9-/m1/s1. The predicted octanol–water partition coefficient (Wildman–Crippen LogP) is 0.247. The molecule has 0 aromatic rings. The van der Waals surface area contributed by atoms with Crippen LogP contribution < -0.4 is 0 Å². The van der Waals surface area contributed by atoms with Crippen LogP contribution in [0.3, 0.4) is 0 Å². The Bertz CT molecular complexity index is 298. The Kier molecular flexibility index (Phi) is 4.49. The Hall–Kier alpha value is -1.36. The second-order valence-corrected chi connectivity index (χ2v) is 4.10. The minimum absolute atomic E-state index is 0.0935. The first-order valence-electron chi connectivity index (χ1n) is 5.38. The summed E-state index contributed by atoms with van der Waals surface area (Å²) in [5, 5.41) is 17.8. The van der Waals surface area contributed by atoms with Crippen LogP contribution in [-0.4, -0.2) is 46.2 Å². The first kappa shape index (κ1) is 12.7. The Labute approximate surface area is 94.4 Å². The van der Waals surface area contributed by atoms with Crippen molar-refractivity contribution in [3.63, 3.8) is 0 Å². The third-order valence-corrected chi connectivity index (χ3v) is 2.82. The monoisotopic (exact) mass is 227 g/mol. The molecule has 0 aliphatic carbocycles. The molecule has 5 nitrogen and oxygen atoms in total. The smallest absolute Gasteiger partial charge is 0.328 e. The zero-order chi connectivity index (χ0) is 12.1. The largest absolute Gasteiger partial charge is 0.478 e. The van der Waals surface area contributed by atoms with Crippen LogP contribution in [0.4, 0.5) is 0 Å². The number of carbonyl (C=O) groups is 2. The lowest BCUT2D eigenvalue weighted by atomic mass is 9.93. The highest BCUT2D eigenvalue weighted by Crippen LogP contribution is 2.19. The van der Waals surface area contributed by atoms with Crippen LogP contribution in [0.25, 0.3) is 0 Å². The minimum atomic E-state index is -1.13. The van der Waals surface area contributed by atoms with Gasteiger partial charge in [-0.25, -0.2) is 4.79 Å². The number of piperidine rings is 1. The van der Waals surface area contributed by atoms with Gasteiger partial charge in [0.15, 0.2) is 0 Å². The summed E-state index contributed by atoms with van der Waals surface area (Å²) < 4.78 is 0. The van der Waals surface area contributed by atoms with Gasteiger partial charge in [-0.2, -0.15) is 0 Å². The molecular weight excluding hydrogens is 210 g/mol. The number of rotatable bonds is 3. The summed E-state index contributed by atoms with van der Waals surface area (Å²) in [5.41, 5.74) is 0. The average Bonchev–Trinajstić information content (AvgIpc) is 2.26. The van der Waals surface area contributed by atoms with Gasteiger partial charge in [-0.1, -0.05) is 0 Å². The molecule has 1 aliphatic rings. The number of aliphatic hydroxyl groups is 1. The maximum Gasteiger partial charge on any atom is 0.328 e. The van der Waals surface area contributed by atoms with E-state index in [1.807, 2.05) is 0 Å². The number of nitrogens with zero attached hydrogens (tertiary/aromatic N) is 1. The van der Waals surface area contributed by atoms with E-state index in [0.29, 0.717) is 13.1 Å². The van der Waals surface area contributed by atoms with Crippen LogP contribution in [-0.2, 0) is 9.59 Å². The zero-order valence-electron chi connectivity index (χ0n) is 9.30. The molecule has 0 unspecified atom stereocenters. The second-order valence-electron chi connectivity index (χ2n) is 4.10. The van der Waals surface area contributed by atoms with Gasteiger partial charge in [0.2, 0.25) is 5.91 Å². The van der Waals surface area contributed by atoms with Crippen LogP contribution in [0.1, 0.15) is 19.8 Å². The van der Waals surface area contributed by atoms with Gasteiger partial charge < -0.3 is 15.1 Å². The number of carbonyl (C=O) groups excluding carboxylic acids is 1. The van der Waals surface area contributed by atoms with E-state index < -0.39 is 12.1 Å². The second kappa shape index (κ2) is 5.65. The van der Waals surface area contributed by atoms with E-state index in [9.17, 15) is 14.7 Å². The highest BCUT2D eigenvalue weighted by Gasteiger charge is 2.25. The molecule has 16 heavy (non-hydrogen) atoms. The molecular formula is C11H17NO4. The summed E-state index contributed by atoms with van der Waals surface area (Å²) in [5.74, 6) is -1.33. The van der Waals surface area contributed by atoms with Crippen LogP contribution >= 0.6 is 0 Å². The minimum Gasteiger partial charge on any atom is -0.478 e. The van der Waals surface area contributed by atoms with Crippen LogP contribution in [0, 0.1) is 5.92 Å². The highest BCUT2D eigenvalue weighted by molar-refractivity contribution is 5.93. The molecule has 1 fully saturated rings. The molecule has 0 bridgehead atoms. The Morgan fingerprint density at radius 1 is 1.44 bits per heavy atom. The van der Waals surface area contributed by atoms with E-state index in [1.165, 1.54) is 0 Å². The van der Waals surface area contributed by atoms with E-state index in [2.05, 4.69) is 0 Å². The number of carboxylic acid groups (broad SMARTS) is 1. The van der Waals surface area contributed by atoms with E-state index >= 15 is 0 Å². The maximum atomic E-state index is 11.6. The molecule has 1 aliphatic heterocycles. The zero-order valence-corrected chi connectivity index (χ0v) is 9.30. The maximum absolute atomic E-state index is 11.6. The number of hydrogen-bond acceptors (Lipinski definition) is 3. The average molecular weight is 227 g/mol. The number of amides is 1. The highest BCUT2D eigenvalue weighted by atomic mass is 16.4. The van der Waals surface area contributed by atoms with Crippen molar-refractivity contribution in [2.24, 2.45) is 5.92 Å². The number of hydrogen-bond donors (Lipinski definition) is 2. The number of aliphatic hydroxyl groups excluding tert-OH is 1. The van der Waals surface area contributed by atoms with E-state index in [1.54, 1.807) is 11.8 Å². The lowest BCUT2D eigenvalue weighted by Gasteiger charge is -2.33. The normalized spacial score (nSPS) is 23.4. The summed E-state index contributed by atoms with van der Waals surface area (Å²) in [7, 11) is 0. The third-order valence-electron chi connectivity index (χ3n) is 2.82. The molecule has 0 spiro atoms. The summed E-state index contributed by atoms with van der Waals surface area (Å²) in [6.07, 6.45) is 3.23. The SMILES string of the molecule is C[C@@H](O)[C@@H]1CCCN(C(=O)/C=C/C(=O)O)C1. The molecule has 2 atom stereocenters. The van der Waals surface area contributed by atoms with Crippen molar-refractivity contribution in [1.82, 2.24) is 4.90 Å². The van der Waals surface area contributed by atoms with Crippen molar-refractivity contribution in [2.75, 3.05) is 13.1 Å². The molecule has 1 amide bonds. The number of likely N-dealkylation sites (tertiary alicyclic amines) is 1. The summed E-state index contributed by atoms with van der Waals surface area (Å²) in [4.78, 5) is 23.4. The molecule has 90 valence electrons. The van der Waals surface area contributed by atoms with Crippen molar-refractivity contribution in [3.05, 3.63) is 12.2 Å². The van der Waals surface area contributed by atoms with Gasteiger partial charge in [0.25, 0.3) is 0 Å². The fraction of sp³-hybridized carbons (Fsp3) is 0.636. The molecule has 5 heteroatoms. The lowest BCUT2D eigenvalue weighted by Crippen LogP contribution is -2.42. The fourth-order valence-corrected chi connectivity index (χ4v) is 1.85. The van der Waals surface area contributed by atoms with Crippen molar-refractivity contribution < 1.29 is 19.8 Å². The van der Waals surface area contributed by atoms with Crippen molar-refractivity contribution in [1.29, 1.82) is 0 Å². The van der Waals surface area contributed by atoms with Gasteiger partial charge in [0.05, 0.1) is 6.10 Å². The molecule has 0 radical (unpaired) electrons. The lowest BCUT2D eigenvalue weighted by molar-refractivity contribution is -0.133. The Balaban J connectivity index is 2.53. The van der Waals surface area contributed by atoms with E-state index in [4.69, 9.17) is 5.11 Å². The first-order chi connectivity index (χ1) is 7.50. The van der Waals surface area contributed by atoms with Crippen LogP contribution in [0.2, 0.25) is 0 Å². The van der Waals surface area contributed by atoms with E-state index in [0.717, 1.165) is 25.0 Å². The van der Waals surface area contributed by atoms with Crippen molar-refractivity contribution in [2.45, 2.75) is 25.9 Å². The fourth-order valence-electron chi connectivity index (χ4n) is 1.85. The molecule has 1 rings (SSSR count). The molecule has 0 saturated carbocycles. The molecule has 2 N–H and O–H groups in total. The Morgan fingerprint density at radius 3 is 2.69 bits per heavy atom. The Morgan fingerprint density at radius 2 is 2.12 bits per heavy atom. The topological polar surface area (TPSA) is 77.8 Å². The molecule has 1 heterocycles. The van der Waals surface area contributed by atoms with Crippen molar-refractivity contribution in [3.8, 4) is 0 Å². The first-order valence-corrected chi connectivity index (χ1v) is 5.38. The predicted molar refractivity (Wildman–Crippen MR) is 57.8 cm³/mol. The molecule has 0 aromatic heterocycles. The molecule has 1 saturated heterocycles. The summed E-state index contributed by atoms with van der Waals surface area (Å²) in [6, 6.07) is 0. The van der Waals surface area contributed by atoms with Crippen LogP contribution in [0.5, 0.6) is 0 Å². The van der Waals surface area contributed by atoms with Gasteiger partial charge in [-0.05, 0) is 19.8 Å². The van der Waals surface area contributed by atoms with Crippen LogP contribution in [0.15, 0.2) is 12.2 Å². The van der Waals surface area contributed by atoms with Crippen molar-refractivity contribution >= 4 is 11.9 Å². The summed E-state index contributed by atoms with van der Waals surface area (Å²) in [6.45, 7) is 2.85.